The summed E-state index contributed by atoms with van der Waals surface area (Å²) >= 11 is 0. The van der Waals surface area contributed by atoms with Crippen LogP contribution in [0.1, 0.15) is 43.8 Å². The van der Waals surface area contributed by atoms with Crippen LogP contribution >= 0.6 is 0 Å². The first-order chi connectivity index (χ1) is 11.3. The molecule has 0 aliphatic rings. The van der Waals surface area contributed by atoms with Gasteiger partial charge in [0.15, 0.2) is 0 Å². The van der Waals surface area contributed by atoms with Crippen LogP contribution in [0.3, 0.4) is 0 Å². The molecule has 5 nitrogen and oxygen atoms in total. The van der Waals surface area contributed by atoms with Crippen LogP contribution in [0.2, 0.25) is 0 Å². The Balaban J connectivity index is 2.30. The van der Waals surface area contributed by atoms with Gasteiger partial charge < -0.3 is 14.6 Å². The Morgan fingerprint density at radius 1 is 1.38 bits per heavy atom. The Kier molecular flexibility index (Phi) is 5.44. The average molecular weight is 327 g/mol. The number of imidazole rings is 1. The third-order valence-electron chi connectivity index (χ3n) is 3.82. The summed E-state index contributed by atoms with van der Waals surface area (Å²) in [6.45, 7) is 10.2. The molecule has 128 valence electrons. The van der Waals surface area contributed by atoms with Crippen LogP contribution in [0.5, 0.6) is 0 Å². The summed E-state index contributed by atoms with van der Waals surface area (Å²) in [7, 11) is 1.90. The molecular weight excluding hydrogens is 302 g/mol. The van der Waals surface area contributed by atoms with Crippen molar-refractivity contribution in [1.82, 2.24) is 14.9 Å². The molecule has 2 rings (SSSR count). The number of ether oxygens (including phenoxy) is 1. The molecule has 0 aliphatic carbocycles. The first-order valence-corrected chi connectivity index (χ1v) is 7.94. The number of rotatable bonds is 5. The molecule has 1 atom stereocenters. The lowest BCUT2D eigenvalue weighted by molar-refractivity contribution is 0.155. The maximum absolute atomic E-state index is 12.0. The molecule has 0 saturated carbocycles. The molecule has 1 heterocycles. The standard InChI is InChI=1S/C19H25N3O2/c1-6-13-24-18(23)21-16(17-20-11-12-22(17)5)14-7-9-15(10-8-14)19(2,3)4/h6-12,16H,1,13H2,2-5H3,(H,21,23). The van der Waals surface area contributed by atoms with E-state index in [1.165, 1.54) is 11.6 Å². The molecule has 0 fully saturated rings. The molecule has 0 saturated heterocycles. The number of benzene rings is 1. The zero-order chi connectivity index (χ0) is 17.7. The number of nitrogens with one attached hydrogen (secondary N) is 1. The van der Waals surface area contributed by atoms with Crippen molar-refractivity contribution < 1.29 is 9.53 Å². The fourth-order valence-electron chi connectivity index (χ4n) is 2.42. The largest absolute Gasteiger partial charge is 0.445 e. The summed E-state index contributed by atoms with van der Waals surface area (Å²) in [4.78, 5) is 16.4. The summed E-state index contributed by atoms with van der Waals surface area (Å²) in [5.74, 6) is 0.745. The highest BCUT2D eigenvalue weighted by Gasteiger charge is 2.22. The van der Waals surface area contributed by atoms with Crippen molar-refractivity contribution in [2.24, 2.45) is 7.05 Å². The normalized spacial score (nSPS) is 12.5. The maximum atomic E-state index is 12.0. The lowest BCUT2D eigenvalue weighted by atomic mass is 9.86. The van der Waals surface area contributed by atoms with E-state index in [2.05, 4.69) is 49.8 Å². The number of hydrogen-bond donors (Lipinski definition) is 1. The van der Waals surface area contributed by atoms with E-state index in [4.69, 9.17) is 4.74 Å². The molecule has 1 N–H and O–H groups in total. The number of carbonyl (C=O) groups is 1. The second-order valence-electron chi connectivity index (χ2n) is 6.73. The van der Waals surface area contributed by atoms with Crippen molar-refractivity contribution in [2.45, 2.75) is 32.2 Å². The van der Waals surface area contributed by atoms with E-state index in [0.717, 1.165) is 11.4 Å². The fourth-order valence-corrected chi connectivity index (χ4v) is 2.42. The van der Waals surface area contributed by atoms with Gasteiger partial charge in [0, 0.05) is 19.4 Å². The van der Waals surface area contributed by atoms with Crippen molar-refractivity contribution in [3.63, 3.8) is 0 Å². The molecule has 1 aromatic heterocycles. The van der Waals surface area contributed by atoms with Gasteiger partial charge in [0.05, 0.1) is 0 Å². The minimum atomic E-state index is -0.497. The van der Waals surface area contributed by atoms with Crippen LogP contribution < -0.4 is 5.32 Å². The Bertz CT molecular complexity index is 696. The lowest BCUT2D eigenvalue weighted by Gasteiger charge is -2.22. The highest BCUT2D eigenvalue weighted by atomic mass is 16.5. The van der Waals surface area contributed by atoms with Crippen molar-refractivity contribution in [2.75, 3.05) is 6.61 Å². The van der Waals surface area contributed by atoms with Crippen LogP contribution in [-0.4, -0.2) is 22.3 Å². The van der Waals surface area contributed by atoms with Gasteiger partial charge in [-0.05, 0) is 16.5 Å². The predicted molar refractivity (Wildman–Crippen MR) is 94.9 cm³/mol. The minimum absolute atomic E-state index is 0.0770. The van der Waals surface area contributed by atoms with Crippen molar-refractivity contribution in [3.8, 4) is 0 Å². The molecule has 5 heteroatoms. The molecule has 24 heavy (non-hydrogen) atoms. The Labute approximate surface area is 143 Å². The minimum Gasteiger partial charge on any atom is -0.445 e. The highest BCUT2D eigenvalue weighted by Crippen LogP contribution is 2.26. The lowest BCUT2D eigenvalue weighted by Crippen LogP contribution is -2.31. The maximum Gasteiger partial charge on any atom is 0.408 e. The molecule has 1 aromatic carbocycles. The third kappa shape index (κ3) is 4.25. The summed E-state index contributed by atoms with van der Waals surface area (Å²) in [5.41, 5.74) is 2.26. The highest BCUT2D eigenvalue weighted by molar-refractivity contribution is 5.68. The molecule has 0 bridgehead atoms. The number of nitrogens with zero attached hydrogens (tertiary/aromatic N) is 2. The van der Waals surface area contributed by atoms with E-state index in [1.807, 2.05) is 29.9 Å². The van der Waals surface area contributed by atoms with Crippen molar-refractivity contribution in [1.29, 1.82) is 0 Å². The summed E-state index contributed by atoms with van der Waals surface area (Å²) in [6.07, 6.45) is 4.60. The number of alkyl carbamates (subject to hydrolysis) is 1. The Morgan fingerprint density at radius 2 is 2.04 bits per heavy atom. The molecule has 1 amide bonds. The van der Waals surface area contributed by atoms with Gasteiger partial charge in [-0.1, -0.05) is 57.7 Å². The van der Waals surface area contributed by atoms with E-state index >= 15 is 0 Å². The molecule has 1 unspecified atom stereocenters. The zero-order valence-corrected chi connectivity index (χ0v) is 14.7. The van der Waals surface area contributed by atoms with E-state index in [9.17, 15) is 4.79 Å². The predicted octanol–water partition coefficient (Wildman–Crippen LogP) is 3.72. The Morgan fingerprint density at radius 3 is 2.54 bits per heavy atom. The summed E-state index contributed by atoms with van der Waals surface area (Å²) in [6, 6.07) is 7.84. The van der Waals surface area contributed by atoms with Gasteiger partial charge in [-0.25, -0.2) is 9.78 Å². The second kappa shape index (κ2) is 7.34. The third-order valence-corrected chi connectivity index (χ3v) is 3.82. The van der Waals surface area contributed by atoms with Gasteiger partial charge in [-0.15, -0.1) is 0 Å². The van der Waals surface area contributed by atoms with E-state index in [-0.39, 0.29) is 18.1 Å². The summed E-state index contributed by atoms with van der Waals surface area (Å²) < 4.78 is 6.94. The van der Waals surface area contributed by atoms with E-state index in [1.54, 1.807) is 6.20 Å². The second-order valence-corrected chi connectivity index (χ2v) is 6.73. The first-order valence-electron chi connectivity index (χ1n) is 7.94. The van der Waals surface area contributed by atoms with Crippen LogP contribution in [0.4, 0.5) is 4.79 Å². The summed E-state index contributed by atoms with van der Waals surface area (Å²) in [5, 5.41) is 2.88. The Hall–Kier alpha value is -2.56. The number of aryl methyl sites for hydroxylation is 1. The smallest absolute Gasteiger partial charge is 0.408 e. The molecular formula is C19H25N3O2. The number of amides is 1. The quantitative estimate of drug-likeness (QED) is 0.852. The molecule has 0 radical (unpaired) electrons. The molecule has 2 aromatic rings. The van der Waals surface area contributed by atoms with Gasteiger partial charge in [0.1, 0.15) is 18.5 Å². The van der Waals surface area contributed by atoms with E-state index in [0.29, 0.717) is 0 Å². The monoisotopic (exact) mass is 327 g/mol. The molecule has 0 spiro atoms. The van der Waals surface area contributed by atoms with Crippen molar-refractivity contribution >= 4 is 6.09 Å². The first kappa shape index (κ1) is 17.8. The van der Waals surface area contributed by atoms with Crippen LogP contribution in [0.25, 0.3) is 0 Å². The van der Waals surface area contributed by atoms with Crippen molar-refractivity contribution in [3.05, 3.63) is 66.3 Å². The van der Waals surface area contributed by atoms with Gasteiger partial charge in [0.2, 0.25) is 0 Å². The van der Waals surface area contributed by atoms with Gasteiger partial charge in [0.25, 0.3) is 0 Å². The van der Waals surface area contributed by atoms with Crippen LogP contribution in [0, 0.1) is 0 Å². The fraction of sp³-hybridized carbons (Fsp3) is 0.368. The van der Waals surface area contributed by atoms with E-state index < -0.39 is 6.09 Å². The van der Waals surface area contributed by atoms with Crippen LogP contribution in [-0.2, 0) is 17.2 Å². The average Bonchev–Trinajstić information content (AvgIpc) is 2.96. The van der Waals surface area contributed by atoms with Crippen LogP contribution in [0.15, 0.2) is 49.3 Å². The molecule has 0 aliphatic heterocycles. The van der Waals surface area contributed by atoms with Gasteiger partial charge in [-0.2, -0.15) is 0 Å². The zero-order valence-electron chi connectivity index (χ0n) is 14.7. The van der Waals surface area contributed by atoms with Gasteiger partial charge in [-0.3, -0.25) is 0 Å². The van der Waals surface area contributed by atoms with Gasteiger partial charge >= 0.3 is 6.09 Å². The number of carbonyl (C=O) groups excluding carboxylic acids is 1. The number of hydrogen-bond acceptors (Lipinski definition) is 3. The topological polar surface area (TPSA) is 56.1 Å². The SMILES string of the molecule is C=CCOC(=O)NC(c1ccc(C(C)(C)C)cc1)c1nccn1C. The number of aromatic nitrogens is 2.